The third-order valence-electron chi connectivity index (χ3n) is 4.56. The van der Waals surface area contributed by atoms with E-state index in [9.17, 15) is 8.42 Å². The quantitative estimate of drug-likeness (QED) is 0.655. The Kier molecular flexibility index (Phi) is 5.71. The van der Waals surface area contributed by atoms with Crippen molar-refractivity contribution in [2.75, 3.05) is 13.7 Å². The first-order chi connectivity index (χ1) is 13.2. The highest BCUT2D eigenvalue weighted by molar-refractivity contribution is 7.89. The average molecular weight is 403 g/mol. The minimum Gasteiger partial charge on any atom is -0.495 e. The van der Waals surface area contributed by atoms with Gasteiger partial charge in [-0.3, -0.25) is 0 Å². The van der Waals surface area contributed by atoms with E-state index in [-0.39, 0.29) is 4.90 Å². The van der Waals surface area contributed by atoms with Crippen molar-refractivity contribution in [3.05, 3.63) is 41.9 Å². The van der Waals surface area contributed by atoms with Crippen molar-refractivity contribution < 1.29 is 13.2 Å². The molecule has 3 aromatic rings. The van der Waals surface area contributed by atoms with Crippen LogP contribution in [-0.2, 0) is 10.0 Å². The molecule has 2 heterocycles. The lowest BCUT2D eigenvalue weighted by atomic mass is 10.1. The summed E-state index contributed by atoms with van der Waals surface area (Å²) in [5.74, 6) is 0.713. The topological polar surface area (TPSA) is 85.6 Å². The maximum Gasteiger partial charge on any atom is 0.244 e. The average Bonchev–Trinajstić information content (AvgIpc) is 3.04. The second-order valence-electron chi connectivity index (χ2n) is 7.28. The van der Waals surface area contributed by atoms with Gasteiger partial charge in [0, 0.05) is 23.5 Å². The summed E-state index contributed by atoms with van der Waals surface area (Å²) in [5.41, 5.74) is 4.03. The number of aromatic nitrogens is 3. The van der Waals surface area contributed by atoms with Gasteiger partial charge >= 0.3 is 0 Å². The van der Waals surface area contributed by atoms with Crippen LogP contribution in [-0.4, -0.2) is 36.7 Å². The molecule has 0 saturated heterocycles. The van der Waals surface area contributed by atoms with Crippen LogP contribution in [0, 0.1) is 19.8 Å². The SMILES string of the molecule is COc1ccc(-c2cnn3c(C)cc(C)nc23)cc1S(=O)(=O)NCCC(C)C. The molecule has 7 nitrogen and oxygen atoms in total. The predicted molar refractivity (Wildman–Crippen MR) is 109 cm³/mol. The first-order valence-corrected chi connectivity index (χ1v) is 10.7. The van der Waals surface area contributed by atoms with Crippen LogP contribution in [0.3, 0.4) is 0 Å². The molecule has 0 saturated carbocycles. The number of aryl methyl sites for hydroxylation is 2. The number of hydrogen-bond donors (Lipinski definition) is 1. The van der Waals surface area contributed by atoms with E-state index in [0.717, 1.165) is 28.9 Å². The summed E-state index contributed by atoms with van der Waals surface area (Å²) < 4.78 is 35.4. The Labute approximate surface area is 165 Å². The molecular weight excluding hydrogens is 376 g/mol. The highest BCUT2D eigenvalue weighted by Crippen LogP contribution is 2.31. The van der Waals surface area contributed by atoms with Crippen LogP contribution in [0.15, 0.2) is 35.4 Å². The molecule has 2 aromatic heterocycles. The Morgan fingerprint density at radius 1 is 1.21 bits per heavy atom. The number of benzene rings is 1. The fraction of sp³-hybridized carbons (Fsp3) is 0.400. The zero-order valence-corrected chi connectivity index (χ0v) is 17.7. The Bertz CT molecular complexity index is 1100. The third-order valence-corrected chi connectivity index (χ3v) is 6.04. The lowest BCUT2D eigenvalue weighted by molar-refractivity contribution is 0.402. The molecule has 0 fully saturated rings. The molecule has 28 heavy (non-hydrogen) atoms. The van der Waals surface area contributed by atoms with Crippen LogP contribution in [0.1, 0.15) is 31.7 Å². The van der Waals surface area contributed by atoms with Crippen LogP contribution in [0.5, 0.6) is 5.75 Å². The lowest BCUT2D eigenvalue weighted by Crippen LogP contribution is -2.26. The van der Waals surface area contributed by atoms with Gasteiger partial charge in [0.2, 0.25) is 10.0 Å². The van der Waals surface area contributed by atoms with Gasteiger partial charge < -0.3 is 4.74 Å². The molecule has 0 radical (unpaired) electrons. The van der Waals surface area contributed by atoms with Crippen LogP contribution in [0.4, 0.5) is 0 Å². The van der Waals surface area contributed by atoms with E-state index in [0.29, 0.717) is 23.9 Å². The van der Waals surface area contributed by atoms with E-state index >= 15 is 0 Å². The molecule has 0 atom stereocenters. The summed E-state index contributed by atoms with van der Waals surface area (Å²) in [7, 11) is -2.24. The van der Waals surface area contributed by atoms with Crippen molar-refractivity contribution >= 4 is 15.7 Å². The predicted octanol–water partition coefficient (Wildman–Crippen LogP) is 3.35. The maximum absolute atomic E-state index is 12.9. The maximum atomic E-state index is 12.9. The second-order valence-corrected chi connectivity index (χ2v) is 9.01. The monoisotopic (exact) mass is 402 g/mol. The van der Waals surface area contributed by atoms with Crippen LogP contribution in [0.2, 0.25) is 0 Å². The van der Waals surface area contributed by atoms with Gasteiger partial charge in [0.15, 0.2) is 5.65 Å². The van der Waals surface area contributed by atoms with Gasteiger partial charge in [-0.2, -0.15) is 5.10 Å². The smallest absolute Gasteiger partial charge is 0.244 e. The molecule has 0 aliphatic carbocycles. The van der Waals surface area contributed by atoms with Gasteiger partial charge in [-0.25, -0.2) is 22.6 Å². The molecule has 0 amide bonds. The Balaban J connectivity index is 2.07. The number of nitrogens with one attached hydrogen (secondary N) is 1. The van der Waals surface area contributed by atoms with E-state index in [2.05, 4.69) is 28.7 Å². The van der Waals surface area contributed by atoms with Crippen molar-refractivity contribution in [2.45, 2.75) is 39.0 Å². The molecule has 0 aliphatic rings. The Morgan fingerprint density at radius 3 is 2.64 bits per heavy atom. The largest absolute Gasteiger partial charge is 0.495 e. The molecule has 1 aromatic carbocycles. The molecule has 0 bridgehead atoms. The van der Waals surface area contributed by atoms with E-state index in [1.165, 1.54) is 7.11 Å². The number of hydrogen-bond acceptors (Lipinski definition) is 5. The first kappa shape index (κ1) is 20.3. The highest BCUT2D eigenvalue weighted by Gasteiger charge is 2.21. The second kappa shape index (κ2) is 7.89. The molecule has 150 valence electrons. The summed E-state index contributed by atoms with van der Waals surface area (Å²) >= 11 is 0. The minimum atomic E-state index is -3.70. The normalized spacial score (nSPS) is 12.1. The van der Waals surface area contributed by atoms with E-state index in [1.54, 1.807) is 22.8 Å². The highest BCUT2D eigenvalue weighted by atomic mass is 32.2. The van der Waals surface area contributed by atoms with Crippen LogP contribution >= 0.6 is 0 Å². The van der Waals surface area contributed by atoms with Gasteiger partial charge in [0.05, 0.1) is 13.3 Å². The van der Waals surface area contributed by atoms with Crippen LogP contribution < -0.4 is 9.46 Å². The fourth-order valence-corrected chi connectivity index (χ4v) is 4.33. The van der Waals surface area contributed by atoms with E-state index in [4.69, 9.17) is 4.74 Å². The Morgan fingerprint density at radius 2 is 1.96 bits per heavy atom. The molecule has 3 rings (SSSR count). The molecule has 8 heteroatoms. The van der Waals surface area contributed by atoms with E-state index in [1.807, 2.05) is 26.0 Å². The summed E-state index contributed by atoms with van der Waals surface area (Å²) in [5, 5.41) is 4.40. The molecule has 0 spiro atoms. The van der Waals surface area contributed by atoms with Crippen molar-refractivity contribution in [3.63, 3.8) is 0 Å². The summed E-state index contributed by atoms with van der Waals surface area (Å²) in [6, 6.07) is 7.06. The molecule has 0 aliphatic heterocycles. The molecular formula is C20H26N4O3S. The zero-order chi connectivity index (χ0) is 20.5. The molecule has 1 N–H and O–H groups in total. The number of fused-ring (bicyclic) bond motifs is 1. The third kappa shape index (κ3) is 4.02. The summed E-state index contributed by atoms with van der Waals surface area (Å²) in [6.07, 6.45) is 2.47. The molecule has 0 unspecified atom stereocenters. The van der Waals surface area contributed by atoms with Crippen molar-refractivity contribution in [1.82, 2.24) is 19.3 Å². The number of rotatable bonds is 7. The van der Waals surface area contributed by atoms with Crippen molar-refractivity contribution in [1.29, 1.82) is 0 Å². The Hall–Kier alpha value is -2.45. The zero-order valence-electron chi connectivity index (χ0n) is 16.9. The standard InChI is InChI=1S/C20H26N4O3S/c1-13(2)8-9-22-28(25,26)19-11-16(6-7-18(19)27-5)17-12-21-24-15(4)10-14(3)23-20(17)24/h6-7,10-13,22H,8-9H2,1-5H3. The van der Waals surface area contributed by atoms with E-state index < -0.39 is 10.0 Å². The van der Waals surface area contributed by atoms with Gasteiger partial charge in [0.25, 0.3) is 0 Å². The fourth-order valence-electron chi connectivity index (χ4n) is 3.09. The van der Waals surface area contributed by atoms with Gasteiger partial charge in [-0.05, 0) is 49.9 Å². The van der Waals surface area contributed by atoms with Gasteiger partial charge in [-0.1, -0.05) is 19.9 Å². The lowest BCUT2D eigenvalue weighted by Gasteiger charge is -2.13. The summed E-state index contributed by atoms with van der Waals surface area (Å²) in [4.78, 5) is 4.69. The van der Waals surface area contributed by atoms with Crippen LogP contribution in [0.25, 0.3) is 16.8 Å². The number of methoxy groups -OCH3 is 1. The van der Waals surface area contributed by atoms with Gasteiger partial charge in [-0.15, -0.1) is 0 Å². The number of ether oxygens (including phenoxy) is 1. The van der Waals surface area contributed by atoms with Gasteiger partial charge in [0.1, 0.15) is 10.6 Å². The minimum absolute atomic E-state index is 0.111. The summed E-state index contributed by atoms with van der Waals surface area (Å²) in [6.45, 7) is 8.37. The van der Waals surface area contributed by atoms with Crippen molar-refractivity contribution in [3.8, 4) is 16.9 Å². The first-order valence-electron chi connectivity index (χ1n) is 9.23. The number of sulfonamides is 1. The number of nitrogens with zero attached hydrogens (tertiary/aromatic N) is 3. The van der Waals surface area contributed by atoms with Crippen molar-refractivity contribution in [2.24, 2.45) is 5.92 Å².